The van der Waals surface area contributed by atoms with Crippen LogP contribution in [0.15, 0.2) is 6.07 Å². The lowest BCUT2D eigenvalue weighted by molar-refractivity contribution is -0.151. The Bertz CT molecular complexity index is 427. The minimum absolute atomic E-state index is 0.0819. The quantitative estimate of drug-likeness (QED) is 0.795. The molecule has 0 aromatic carbocycles. The molecule has 5 heteroatoms. The maximum atomic E-state index is 12.0. The van der Waals surface area contributed by atoms with Gasteiger partial charge in [-0.1, -0.05) is 18.0 Å². The van der Waals surface area contributed by atoms with Crippen LogP contribution in [0, 0.1) is 6.92 Å². The summed E-state index contributed by atoms with van der Waals surface area (Å²) in [7, 11) is 0. The highest BCUT2D eigenvalue weighted by molar-refractivity contribution is 7.16. The van der Waals surface area contributed by atoms with Crippen LogP contribution in [0.3, 0.4) is 0 Å². The van der Waals surface area contributed by atoms with Gasteiger partial charge in [0.25, 0.3) is 0 Å². The van der Waals surface area contributed by atoms with Crippen LogP contribution in [0.1, 0.15) is 36.6 Å². The largest absolute Gasteiger partial charge is 0.465 e. The molecule has 1 atom stereocenters. The lowest BCUT2D eigenvalue weighted by Gasteiger charge is -2.33. The molecule has 1 unspecified atom stereocenters. The molecule has 0 N–H and O–H groups in total. The molecule has 0 aliphatic carbocycles. The summed E-state index contributed by atoms with van der Waals surface area (Å²) in [5.74, 6) is -0.0819. The monoisotopic (exact) mass is 301 g/mol. The zero-order chi connectivity index (χ0) is 13.8. The van der Waals surface area contributed by atoms with Gasteiger partial charge in [-0.3, -0.25) is 9.69 Å². The van der Waals surface area contributed by atoms with Crippen molar-refractivity contribution in [3.63, 3.8) is 0 Å². The van der Waals surface area contributed by atoms with Crippen LogP contribution in [0.4, 0.5) is 0 Å². The minimum Gasteiger partial charge on any atom is -0.465 e. The number of esters is 1. The van der Waals surface area contributed by atoms with E-state index in [0.717, 1.165) is 42.3 Å². The molecule has 106 valence electrons. The van der Waals surface area contributed by atoms with Crippen molar-refractivity contribution in [2.45, 2.75) is 45.7 Å². The highest BCUT2D eigenvalue weighted by Gasteiger charge is 2.30. The number of likely N-dealkylation sites (tertiary alicyclic amines) is 1. The summed E-state index contributed by atoms with van der Waals surface area (Å²) in [6.07, 6.45) is 3.15. The zero-order valence-corrected chi connectivity index (χ0v) is 13.0. The van der Waals surface area contributed by atoms with Gasteiger partial charge in [-0.25, -0.2) is 0 Å². The number of carbonyl (C=O) groups is 1. The summed E-state index contributed by atoms with van der Waals surface area (Å²) in [6.45, 7) is 6.07. The average molecular weight is 302 g/mol. The number of thiophene rings is 1. The van der Waals surface area contributed by atoms with Crippen molar-refractivity contribution in [1.82, 2.24) is 4.90 Å². The number of hydrogen-bond acceptors (Lipinski definition) is 4. The van der Waals surface area contributed by atoms with Gasteiger partial charge in [0, 0.05) is 11.4 Å². The standard InChI is InChI=1S/C14H20ClNO2S/c1-3-18-14(17)12-6-4-5-7-16(12)9-11-8-10(2)13(15)19-11/h8,12H,3-7,9H2,1-2H3. The van der Waals surface area contributed by atoms with Gasteiger partial charge in [0.05, 0.1) is 10.9 Å². The first-order chi connectivity index (χ1) is 9.11. The molecule has 2 heterocycles. The maximum Gasteiger partial charge on any atom is 0.323 e. The van der Waals surface area contributed by atoms with Crippen LogP contribution < -0.4 is 0 Å². The molecule has 2 rings (SSSR count). The van der Waals surface area contributed by atoms with E-state index in [2.05, 4.69) is 11.0 Å². The van der Waals surface area contributed by atoms with Crippen molar-refractivity contribution < 1.29 is 9.53 Å². The van der Waals surface area contributed by atoms with Gasteiger partial charge in [0.15, 0.2) is 0 Å². The maximum absolute atomic E-state index is 12.0. The summed E-state index contributed by atoms with van der Waals surface area (Å²) in [4.78, 5) is 15.4. The molecule has 0 bridgehead atoms. The Morgan fingerprint density at radius 3 is 3.00 bits per heavy atom. The van der Waals surface area contributed by atoms with Crippen molar-refractivity contribution in [2.75, 3.05) is 13.2 Å². The lowest BCUT2D eigenvalue weighted by Crippen LogP contribution is -2.44. The van der Waals surface area contributed by atoms with Crippen LogP contribution in [0.25, 0.3) is 0 Å². The third-order valence-electron chi connectivity index (χ3n) is 3.44. The Balaban J connectivity index is 2.05. The van der Waals surface area contributed by atoms with E-state index in [-0.39, 0.29) is 12.0 Å². The number of rotatable bonds is 4. The third-order valence-corrected chi connectivity index (χ3v) is 4.98. The molecule has 19 heavy (non-hydrogen) atoms. The van der Waals surface area contributed by atoms with Gasteiger partial charge in [-0.05, 0) is 44.9 Å². The second-order valence-corrected chi connectivity index (χ2v) is 6.64. The van der Waals surface area contributed by atoms with Gasteiger partial charge >= 0.3 is 5.97 Å². The fraction of sp³-hybridized carbons (Fsp3) is 0.643. The molecule has 1 aromatic rings. The number of aryl methyl sites for hydroxylation is 1. The van der Waals surface area contributed by atoms with E-state index in [0.29, 0.717) is 6.61 Å². The van der Waals surface area contributed by atoms with E-state index in [1.807, 2.05) is 13.8 Å². The third kappa shape index (κ3) is 3.71. The van der Waals surface area contributed by atoms with Gasteiger partial charge in [0.2, 0.25) is 0 Å². The Morgan fingerprint density at radius 2 is 2.37 bits per heavy atom. The number of nitrogens with zero attached hydrogens (tertiary/aromatic N) is 1. The molecule has 1 fully saturated rings. The smallest absolute Gasteiger partial charge is 0.323 e. The van der Waals surface area contributed by atoms with Crippen LogP contribution >= 0.6 is 22.9 Å². The Kier molecular flexibility index (Phi) is 5.25. The van der Waals surface area contributed by atoms with Gasteiger partial charge in [-0.15, -0.1) is 11.3 Å². The molecule has 3 nitrogen and oxygen atoms in total. The lowest BCUT2D eigenvalue weighted by atomic mass is 10.0. The Hall–Kier alpha value is -0.580. The molecule has 1 aliphatic rings. The van der Waals surface area contributed by atoms with Crippen molar-refractivity contribution in [3.05, 3.63) is 20.8 Å². The molecule has 0 spiro atoms. The molecule has 0 saturated carbocycles. The van der Waals surface area contributed by atoms with Crippen molar-refractivity contribution >= 4 is 28.9 Å². The highest BCUT2D eigenvalue weighted by atomic mass is 35.5. The van der Waals surface area contributed by atoms with Gasteiger partial charge in [-0.2, -0.15) is 0 Å². The van der Waals surface area contributed by atoms with Gasteiger partial charge in [0.1, 0.15) is 6.04 Å². The van der Waals surface area contributed by atoms with E-state index in [1.165, 1.54) is 4.88 Å². The van der Waals surface area contributed by atoms with Crippen molar-refractivity contribution in [1.29, 1.82) is 0 Å². The van der Waals surface area contributed by atoms with E-state index in [9.17, 15) is 4.79 Å². The summed E-state index contributed by atoms with van der Waals surface area (Å²) in [6, 6.07) is 2.03. The van der Waals surface area contributed by atoms with Crippen molar-refractivity contribution in [3.8, 4) is 0 Å². The normalized spacial score (nSPS) is 20.5. The van der Waals surface area contributed by atoms with Gasteiger partial charge < -0.3 is 4.74 Å². The SMILES string of the molecule is CCOC(=O)C1CCCCN1Cc1cc(C)c(Cl)s1. The first-order valence-corrected chi connectivity index (χ1v) is 7.96. The molecule has 1 aromatic heterocycles. The number of carbonyl (C=O) groups excluding carboxylic acids is 1. The minimum atomic E-state index is -0.0881. The van der Waals surface area contributed by atoms with Crippen LogP contribution in [0.5, 0.6) is 0 Å². The number of piperidine rings is 1. The summed E-state index contributed by atoms with van der Waals surface area (Å²) in [5, 5.41) is 0. The first-order valence-electron chi connectivity index (χ1n) is 6.77. The van der Waals surface area contributed by atoms with E-state index < -0.39 is 0 Å². The average Bonchev–Trinajstić information content (AvgIpc) is 2.69. The summed E-state index contributed by atoms with van der Waals surface area (Å²) in [5.41, 5.74) is 1.12. The Morgan fingerprint density at radius 1 is 1.58 bits per heavy atom. The second kappa shape index (κ2) is 6.73. The summed E-state index contributed by atoms with van der Waals surface area (Å²) >= 11 is 7.71. The number of ether oxygens (including phenoxy) is 1. The molecule has 1 saturated heterocycles. The van der Waals surface area contributed by atoms with E-state index in [4.69, 9.17) is 16.3 Å². The highest BCUT2D eigenvalue weighted by Crippen LogP contribution is 2.29. The van der Waals surface area contributed by atoms with E-state index >= 15 is 0 Å². The number of halogens is 1. The van der Waals surface area contributed by atoms with Crippen LogP contribution in [0.2, 0.25) is 4.34 Å². The fourth-order valence-corrected chi connectivity index (χ4v) is 3.76. The predicted molar refractivity (Wildman–Crippen MR) is 78.7 cm³/mol. The van der Waals surface area contributed by atoms with Crippen LogP contribution in [-0.2, 0) is 16.1 Å². The second-order valence-electron chi connectivity index (χ2n) is 4.90. The molecule has 1 aliphatic heterocycles. The Labute approximate surface area is 123 Å². The van der Waals surface area contributed by atoms with Crippen LogP contribution in [-0.4, -0.2) is 30.1 Å². The topological polar surface area (TPSA) is 29.5 Å². The fourth-order valence-electron chi connectivity index (χ4n) is 2.49. The molecular formula is C14H20ClNO2S. The zero-order valence-electron chi connectivity index (χ0n) is 11.4. The molecule has 0 radical (unpaired) electrons. The summed E-state index contributed by atoms with van der Waals surface area (Å²) < 4.78 is 6.02. The molecular weight excluding hydrogens is 282 g/mol. The number of hydrogen-bond donors (Lipinski definition) is 0. The molecule has 0 amide bonds. The van der Waals surface area contributed by atoms with Crippen molar-refractivity contribution in [2.24, 2.45) is 0 Å². The van der Waals surface area contributed by atoms with E-state index in [1.54, 1.807) is 11.3 Å². The first kappa shape index (κ1) is 14.8. The predicted octanol–water partition coefficient (Wildman–Crippen LogP) is 3.63.